The zero-order valence-electron chi connectivity index (χ0n) is 10.4. The summed E-state index contributed by atoms with van der Waals surface area (Å²) in [5.41, 5.74) is 4.21. The lowest BCUT2D eigenvalue weighted by atomic mass is 10.2. The van der Waals surface area contributed by atoms with Gasteiger partial charge in [-0.05, 0) is 48.5 Å². The number of benzene rings is 2. The third-order valence-corrected chi connectivity index (χ3v) is 3.93. The summed E-state index contributed by atoms with van der Waals surface area (Å²) >= 11 is 12.0. The molecule has 0 fully saturated rings. The monoisotopic (exact) mass is 300 g/mol. The molecule has 2 aromatic heterocycles. The number of fused-ring (bicyclic) bond motifs is 2. The molecule has 4 rings (SSSR count). The summed E-state index contributed by atoms with van der Waals surface area (Å²) in [6.45, 7) is 0. The van der Waals surface area contributed by atoms with Crippen LogP contribution in [0, 0.1) is 0 Å². The van der Waals surface area contributed by atoms with E-state index in [1.807, 2.05) is 36.4 Å². The van der Waals surface area contributed by atoms with Gasteiger partial charge in [-0.1, -0.05) is 23.2 Å². The second kappa shape index (κ2) is 4.30. The summed E-state index contributed by atoms with van der Waals surface area (Å²) in [5.74, 6) is 0. The summed E-state index contributed by atoms with van der Waals surface area (Å²) in [7, 11) is 0. The third kappa shape index (κ3) is 1.89. The predicted octanol–water partition coefficient (Wildman–Crippen LogP) is 5.62. The average molecular weight is 301 g/mol. The van der Waals surface area contributed by atoms with Gasteiger partial charge in [0.15, 0.2) is 0 Å². The number of halogens is 2. The van der Waals surface area contributed by atoms with Gasteiger partial charge >= 0.3 is 0 Å². The molecule has 0 amide bonds. The van der Waals surface area contributed by atoms with E-state index >= 15 is 0 Å². The van der Waals surface area contributed by atoms with E-state index in [-0.39, 0.29) is 0 Å². The van der Waals surface area contributed by atoms with Crippen molar-refractivity contribution in [1.29, 1.82) is 0 Å². The van der Waals surface area contributed by atoms with Gasteiger partial charge in [-0.15, -0.1) is 0 Å². The Hall–Kier alpha value is -1.90. The molecule has 0 saturated carbocycles. The molecule has 0 atom stereocenters. The number of hydrogen-bond acceptors (Lipinski definition) is 0. The zero-order valence-corrected chi connectivity index (χ0v) is 11.9. The van der Waals surface area contributed by atoms with Gasteiger partial charge in [-0.25, -0.2) is 0 Å². The average Bonchev–Trinajstić information content (AvgIpc) is 3.00. The van der Waals surface area contributed by atoms with Crippen LogP contribution in [0.3, 0.4) is 0 Å². The molecule has 2 nitrogen and oxygen atoms in total. The smallest absolute Gasteiger partial charge is 0.0630 e. The molecular formula is C16H10Cl2N2. The van der Waals surface area contributed by atoms with Crippen LogP contribution in [0.2, 0.25) is 10.0 Å². The van der Waals surface area contributed by atoms with Crippen LogP contribution in [-0.2, 0) is 0 Å². The van der Waals surface area contributed by atoms with Gasteiger partial charge in [0.25, 0.3) is 0 Å². The number of rotatable bonds is 1. The summed E-state index contributed by atoms with van der Waals surface area (Å²) in [5, 5.41) is 3.69. The van der Waals surface area contributed by atoms with Crippen molar-refractivity contribution in [2.45, 2.75) is 0 Å². The van der Waals surface area contributed by atoms with Crippen LogP contribution in [0.25, 0.3) is 33.2 Å². The van der Waals surface area contributed by atoms with Crippen molar-refractivity contribution < 1.29 is 0 Å². The van der Waals surface area contributed by atoms with Crippen LogP contribution >= 0.6 is 23.2 Å². The van der Waals surface area contributed by atoms with E-state index in [1.54, 1.807) is 0 Å². The van der Waals surface area contributed by atoms with Gasteiger partial charge in [0.2, 0.25) is 0 Å². The third-order valence-electron chi connectivity index (χ3n) is 3.46. The maximum atomic E-state index is 6.02. The van der Waals surface area contributed by atoms with E-state index in [0.717, 1.165) is 43.2 Å². The highest BCUT2D eigenvalue weighted by Crippen LogP contribution is 2.29. The molecule has 20 heavy (non-hydrogen) atoms. The maximum absolute atomic E-state index is 6.02. The van der Waals surface area contributed by atoms with Crippen molar-refractivity contribution in [3.63, 3.8) is 0 Å². The van der Waals surface area contributed by atoms with Crippen molar-refractivity contribution >= 4 is 45.0 Å². The van der Waals surface area contributed by atoms with Gasteiger partial charge < -0.3 is 9.97 Å². The predicted molar refractivity (Wildman–Crippen MR) is 85.6 cm³/mol. The quantitative estimate of drug-likeness (QED) is 0.457. The van der Waals surface area contributed by atoms with E-state index < -0.39 is 0 Å². The van der Waals surface area contributed by atoms with E-state index in [4.69, 9.17) is 23.2 Å². The lowest BCUT2D eigenvalue weighted by molar-refractivity contribution is 1.38. The van der Waals surface area contributed by atoms with Crippen molar-refractivity contribution in [2.24, 2.45) is 0 Å². The largest absolute Gasteiger partial charge is 0.353 e. The van der Waals surface area contributed by atoms with E-state index in [0.29, 0.717) is 0 Å². The number of hydrogen-bond donors (Lipinski definition) is 2. The molecule has 4 heteroatoms. The minimum Gasteiger partial charge on any atom is -0.353 e. The van der Waals surface area contributed by atoms with Crippen molar-refractivity contribution in [1.82, 2.24) is 9.97 Å². The van der Waals surface area contributed by atoms with Crippen LogP contribution in [0.1, 0.15) is 0 Å². The first-order valence-corrected chi connectivity index (χ1v) is 7.01. The van der Waals surface area contributed by atoms with Crippen molar-refractivity contribution in [3.8, 4) is 11.4 Å². The molecule has 2 aromatic carbocycles. The number of aromatic nitrogens is 2. The Bertz CT molecular complexity index is 856. The van der Waals surface area contributed by atoms with Crippen molar-refractivity contribution in [3.05, 3.63) is 58.6 Å². The summed E-state index contributed by atoms with van der Waals surface area (Å²) in [6.07, 6.45) is 0. The fourth-order valence-corrected chi connectivity index (χ4v) is 2.86. The SMILES string of the molecule is Clc1ccc2[nH]c(-c3cc4cc(Cl)ccc4[nH]3)cc2c1. The normalized spacial score (nSPS) is 11.5. The highest BCUT2D eigenvalue weighted by Gasteiger charge is 2.07. The molecule has 98 valence electrons. The Balaban J connectivity index is 1.91. The van der Waals surface area contributed by atoms with Gasteiger partial charge in [0, 0.05) is 31.9 Å². The summed E-state index contributed by atoms with van der Waals surface area (Å²) in [4.78, 5) is 6.78. The Morgan fingerprint density at radius 2 is 1.05 bits per heavy atom. The van der Waals surface area contributed by atoms with Crippen molar-refractivity contribution in [2.75, 3.05) is 0 Å². The van der Waals surface area contributed by atoms with Crippen LogP contribution in [0.15, 0.2) is 48.5 Å². The number of nitrogens with one attached hydrogen (secondary N) is 2. The van der Waals surface area contributed by atoms with Crippen LogP contribution in [0.4, 0.5) is 0 Å². The van der Waals surface area contributed by atoms with Crippen LogP contribution in [0.5, 0.6) is 0 Å². The van der Waals surface area contributed by atoms with Crippen LogP contribution in [-0.4, -0.2) is 9.97 Å². The Labute approximate surface area is 125 Å². The van der Waals surface area contributed by atoms with E-state index in [2.05, 4.69) is 22.1 Å². The first-order chi connectivity index (χ1) is 9.69. The Morgan fingerprint density at radius 3 is 1.50 bits per heavy atom. The first-order valence-electron chi connectivity index (χ1n) is 6.26. The van der Waals surface area contributed by atoms with E-state index in [1.165, 1.54) is 0 Å². The topological polar surface area (TPSA) is 31.6 Å². The van der Waals surface area contributed by atoms with Crippen LogP contribution < -0.4 is 0 Å². The Kier molecular flexibility index (Phi) is 2.56. The van der Waals surface area contributed by atoms with Gasteiger partial charge in [0.1, 0.15) is 0 Å². The molecule has 2 N–H and O–H groups in total. The fraction of sp³-hybridized carbons (Fsp3) is 0. The molecule has 0 unspecified atom stereocenters. The number of aromatic amines is 2. The molecule has 0 aliphatic heterocycles. The Morgan fingerprint density at radius 1 is 0.600 bits per heavy atom. The molecule has 0 radical (unpaired) electrons. The molecule has 0 aliphatic rings. The molecule has 2 heterocycles. The standard InChI is InChI=1S/C16H10Cl2N2/c17-11-1-3-13-9(5-11)7-15(19-13)16-8-10-6-12(18)2-4-14(10)20-16/h1-8,19-20H. The molecule has 0 bridgehead atoms. The molecule has 0 spiro atoms. The minimum atomic E-state index is 0.742. The summed E-state index contributed by atoms with van der Waals surface area (Å²) in [6, 6.07) is 15.8. The lowest BCUT2D eigenvalue weighted by Gasteiger charge is -1.91. The molecule has 0 saturated heterocycles. The summed E-state index contributed by atoms with van der Waals surface area (Å²) < 4.78 is 0. The second-order valence-corrected chi connectivity index (χ2v) is 5.70. The molecular weight excluding hydrogens is 291 g/mol. The fourth-order valence-electron chi connectivity index (χ4n) is 2.50. The first kappa shape index (κ1) is 11.9. The zero-order chi connectivity index (χ0) is 13.7. The minimum absolute atomic E-state index is 0.742. The molecule has 0 aliphatic carbocycles. The highest BCUT2D eigenvalue weighted by molar-refractivity contribution is 6.31. The maximum Gasteiger partial charge on any atom is 0.0630 e. The van der Waals surface area contributed by atoms with Gasteiger partial charge in [0.05, 0.1) is 11.4 Å². The highest BCUT2D eigenvalue weighted by atomic mass is 35.5. The van der Waals surface area contributed by atoms with Gasteiger partial charge in [-0.3, -0.25) is 0 Å². The lowest BCUT2D eigenvalue weighted by Crippen LogP contribution is -1.75. The second-order valence-electron chi connectivity index (χ2n) is 4.83. The van der Waals surface area contributed by atoms with Gasteiger partial charge in [-0.2, -0.15) is 0 Å². The number of H-pyrrole nitrogens is 2. The molecule has 4 aromatic rings. The van der Waals surface area contributed by atoms with E-state index in [9.17, 15) is 0 Å².